The molecule has 1 unspecified atom stereocenters. The number of benzene rings is 4. The molecule has 9 heteroatoms. The van der Waals surface area contributed by atoms with Crippen molar-refractivity contribution in [1.82, 2.24) is 10.2 Å². The quantitative estimate of drug-likeness (QED) is 0.0397. The fourth-order valence-electron chi connectivity index (χ4n) is 5.33. The average Bonchev–Trinajstić information content (AvgIpc) is 3.64. The highest BCUT2D eigenvalue weighted by Gasteiger charge is 2.48. The summed E-state index contributed by atoms with van der Waals surface area (Å²) in [5.74, 6) is -0.466. The maximum atomic E-state index is 13.6. The first kappa shape index (κ1) is 29.6. The van der Waals surface area contributed by atoms with Crippen LogP contribution in [0.1, 0.15) is 48.9 Å². The Bertz CT molecular complexity index is 1830. The summed E-state index contributed by atoms with van der Waals surface area (Å²) in [6.45, 7) is 2.70. The molecule has 1 aliphatic rings. The van der Waals surface area contributed by atoms with E-state index in [1.165, 1.54) is 44.3 Å². The molecule has 4 aromatic carbocycles. The predicted octanol–water partition coefficient (Wildman–Crippen LogP) is 8.18. The third-order valence-electron chi connectivity index (χ3n) is 7.52. The third kappa shape index (κ3) is 6.11. The van der Waals surface area contributed by atoms with Gasteiger partial charge in [0.25, 0.3) is 5.78 Å². The molecule has 7 nitrogen and oxygen atoms in total. The highest BCUT2D eigenvalue weighted by molar-refractivity contribution is 8.00. The Morgan fingerprint density at radius 1 is 0.932 bits per heavy atom. The van der Waals surface area contributed by atoms with Gasteiger partial charge in [-0.2, -0.15) is 0 Å². The van der Waals surface area contributed by atoms with Gasteiger partial charge in [0, 0.05) is 11.3 Å². The lowest BCUT2D eigenvalue weighted by atomic mass is 9.95. The lowest BCUT2D eigenvalue weighted by molar-refractivity contribution is -0.132. The number of fused-ring (bicyclic) bond motifs is 1. The molecule has 1 N–H and O–H groups in total. The van der Waals surface area contributed by atoms with Crippen LogP contribution in [-0.4, -0.2) is 33.6 Å². The van der Waals surface area contributed by atoms with E-state index in [0.29, 0.717) is 38.7 Å². The minimum atomic E-state index is -0.904. The molecular weight excluding hydrogens is 591 g/mol. The standard InChI is InChI=1S/C35H31N3O4S2/c1-2-3-9-20-42-27-18-11-16-25(21-27)30-29(31(39)24-13-5-4-6-14-24)32(40)33(41)38(30)34-36-37-35(44-34)43-22-26-17-10-15-23-12-7-8-19-28(23)26/h4-8,10-19,21,30,39H,2-3,9,20,22H2,1H3. The zero-order valence-corrected chi connectivity index (χ0v) is 25.8. The molecule has 0 aliphatic carbocycles. The number of hydrogen-bond acceptors (Lipinski definition) is 8. The molecule has 0 bridgehead atoms. The molecule has 1 aliphatic heterocycles. The molecule has 5 aromatic rings. The number of hydrogen-bond donors (Lipinski definition) is 1. The van der Waals surface area contributed by atoms with E-state index in [4.69, 9.17) is 4.74 Å². The second-order valence-electron chi connectivity index (χ2n) is 10.4. The number of ether oxygens (including phenoxy) is 1. The number of thioether (sulfide) groups is 1. The molecule has 0 spiro atoms. The van der Waals surface area contributed by atoms with Gasteiger partial charge in [0.15, 0.2) is 4.34 Å². The maximum Gasteiger partial charge on any atom is 0.301 e. The first-order valence-corrected chi connectivity index (χ1v) is 16.4. The van der Waals surface area contributed by atoms with E-state index in [1.807, 2.05) is 48.5 Å². The van der Waals surface area contributed by atoms with Gasteiger partial charge in [-0.05, 0) is 40.5 Å². The Kier molecular flexibility index (Phi) is 9.04. The van der Waals surface area contributed by atoms with Crippen LogP contribution in [0.25, 0.3) is 16.5 Å². The Balaban J connectivity index is 1.34. The first-order chi connectivity index (χ1) is 21.5. The summed E-state index contributed by atoms with van der Waals surface area (Å²) in [5, 5.41) is 22.8. The number of unbranched alkanes of at least 4 members (excludes halogenated alkanes) is 2. The topological polar surface area (TPSA) is 92.6 Å². The largest absolute Gasteiger partial charge is 0.507 e. The summed E-state index contributed by atoms with van der Waals surface area (Å²) >= 11 is 2.78. The summed E-state index contributed by atoms with van der Waals surface area (Å²) in [7, 11) is 0. The van der Waals surface area contributed by atoms with Crippen molar-refractivity contribution in [3.05, 3.63) is 119 Å². The van der Waals surface area contributed by atoms with Crippen molar-refractivity contribution >= 4 is 56.5 Å². The number of carbonyl (C=O) groups excluding carboxylic acids is 2. The molecule has 1 fully saturated rings. The summed E-state index contributed by atoms with van der Waals surface area (Å²) in [6.07, 6.45) is 3.08. The fourth-order valence-corrected chi connectivity index (χ4v) is 7.20. The average molecular weight is 622 g/mol. The number of Topliss-reactive ketones (excluding diaryl/α,β-unsaturated/α-hetero) is 1. The summed E-state index contributed by atoms with van der Waals surface area (Å²) in [6, 6.07) is 29.7. The molecule has 0 radical (unpaired) electrons. The van der Waals surface area contributed by atoms with Gasteiger partial charge in [0.1, 0.15) is 11.5 Å². The number of carbonyl (C=O) groups is 2. The second-order valence-corrected chi connectivity index (χ2v) is 12.6. The maximum absolute atomic E-state index is 13.6. The third-order valence-corrected chi connectivity index (χ3v) is 9.62. The van der Waals surface area contributed by atoms with Crippen LogP contribution in [0.2, 0.25) is 0 Å². The molecule has 1 saturated heterocycles. The van der Waals surface area contributed by atoms with Crippen LogP contribution in [0.4, 0.5) is 5.13 Å². The highest BCUT2D eigenvalue weighted by atomic mass is 32.2. The highest BCUT2D eigenvalue weighted by Crippen LogP contribution is 2.44. The van der Waals surface area contributed by atoms with E-state index < -0.39 is 17.7 Å². The smallest absolute Gasteiger partial charge is 0.301 e. The fraction of sp³-hybridized carbons (Fsp3) is 0.200. The Hall–Kier alpha value is -4.47. The molecule has 6 rings (SSSR count). The van der Waals surface area contributed by atoms with E-state index in [9.17, 15) is 14.7 Å². The zero-order valence-electron chi connectivity index (χ0n) is 24.2. The molecular formula is C35H31N3O4S2. The van der Waals surface area contributed by atoms with Gasteiger partial charge < -0.3 is 9.84 Å². The molecule has 222 valence electrons. The van der Waals surface area contributed by atoms with Crippen molar-refractivity contribution in [2.75, 3.05) is 11.5 Å². The predicted molar refractivity (Wildman–Crippen MR) is 176 cm³/mol. The van der Waals surface area contributed by atoms with Gasteiger partial charge in [0.05, 0.1) is 18.2 Å². The van der Waals surface area contributed by atoms with Crippen LogP contribution >= 0.6 is 23.1 Å². The van der Waals surface area contributed by atoms with Crippen molar-refractivity contribution < 1.29 is 19.4 Å². The number of aliphatic hydroxyl groups excluding tert-OH is 1. The zero-order chi connectivity index (χ0) is 30.5. The van der Waals surface area contributed by atoms with Crippen LogP contribution in [-0.2, 0) is 15.3 Å². The van der Waals surface area contributed by atoms with E-state index >= 15 is 0 Å². The van der Waals surface area contributed by atoms with Gasteiger partial charge in [0.2, 0.25) is 5.13 Å². The summed E-state index contributed by atoms with van der Waals surface area (Å²) < 4.78 is 6.67. The van der Waals surface area contributed by atoms with Gasteiger partial charge in [-0.15, -0.1) is 10.2 Å². The van der Waals surface area contributed by atoms with Crippen molar-refractivity contribution in [3.63, 3.8) is 0 Å². The number of nitrogens with zero attached hydrogens (tertiary/aromatic N) is 3. The Morgan fingerprint density at radius 2 is 1.70 bits per heavy atom. The van der Waals surface area contributed by atoms with E-state index in [1.54, 1.807) is 24.3 Å². The molecule has 44 heavy (non-hydrogen) atoms. The number of rotatable bonds is 11. The number of ketones is 1. The van der Waals surface area contributed by atoms with Crippen LogP contribution < -0.4 is 9.64 Å². The number of aromatic nitrogens is 2. The minimum Gasteiger partial charge on any atom is -0.507 e. The van der Waals surface area contributed by atoms with Crippen LogP contribution in [0.3, 0.4) is 0 Å². The van der Waals surface area contributed by atoms with Crippen molar-refractivity contribution in [2.45, 2.75) is 42.3 Å². The summed E-state index contributed by atoms with van der Waals surface area (Å²) in [5.41, 5.74) is 2.26. The normalized spacial score (nSPS) is 16.1. The molecule has 1 aromatic heterocycles. The second kappa shape index (κ2) is 13.4. The van der Waals surface area contributed by atoms with Crippen LogP contribution in [0.15, 0.2) is 107 Å². The molecule has 1 atom stereocenters. The van der Waals surface area contributed by atoms with Gasteiger partial charge in [-0.25, -0.2) is 0 Å². The minimum absolute atomic E-state index is 0.00416. The van der Waals surface area contributed by atoms with Gasteiger partial charge >= 0.3 is 5.91 Å². The molecule has 2 heterocycles. The Morgan fingerprint density at radius 3 is 2.55 bits per heavy atom. The van der Waals surface area contributed by atoms with Crippen molar-refractivity contribution in [2.24, 2.45) is 0 Å². The first-order valence-electron chi connectivity index (χ1n) is 14.6. The summed E-state index contributed by atoms with van der Waals surface area (Å²) in [4.78, 5) is 28.6. The van der Waals surface area contributed by atoms with E-state index in [2.05, 4.69) is 41.4 Å². The van der Waals surface area contributed by atoms with E-state index in [0.717, 1.165) is 19.3 Å². The number of anilines is 1. The van der Waals surface area contributed by atoms with Gasteiger partial charge in [-0.1, -0.05) is 128 Å². The monoisotopic (exact) mass is 621 g/mol. The number of amides is 1. The van der Waals surface area contributed by atoms with E-state index in [-0.39, 0.29) is 11.3 Å². The number of aliphatic hydroxyl groups is 1. The van der Waals surface area contributed by atoms with Crippen LogP contribution in [0.5, 0.6) is 5.75 Å². The van der Waals surface area contributed by atoms with Crippen molar-refractivity contribution in [3.8, 4) is 5.75 Å². The van der Waals surface area contributed by atoms with Crippen LogP contribution in [0, 0.1) is 0 Å². The molecule has 1 amide bonds. The lowest BCUT2D eigenvalue weighted by Crippen LogP contribution is -2.29. The Labute approximate surface area is 264 Å². The van der Waals surface area contributed by atoms with Gasteiger partial charge in [-0.3, -0.25) is 14.5 Å². The van der Waals surface area contributed by atoms with Crippen molar-refractivity contribution in [1.29, 1.82) is 0 Å². The molecule has 0 saturated carbocycles. The SMILES string of the molecule is CCCCCOc1cccc(C2C(=C(O)c3ccccc3)C(=O)C(=O)N2c2nnc(SCc3cccc4ccccc34)s2)c1. The lowest BCUT2D eigenvalue weighted by Gasteiger charge is -2.23.